The van der Waals surface area contributed by atoms with Crippen LogP contribution in [-0.2, 0) is 11.3 Å². The molecule has 0 radical (unpaired) electrons. The van der Waals surface area contributed by atoms with E-state index < -0.39 is 0 Å². The Balaban J connectivity index is 1.60. The summed E-state index contributed by atoms with van der Waals surface area (Å²) in [5.74, 6) is 0. The highest BCUT2D eigenvalue weighted by Gasteiger charge is 2.24. The number of nitrogens with one attached hydrogen (secondary N) is 1. The van der Waals surface area contributed by atoms with Crippen LogP contribution in [0.25, 0.3) is 10.4 Å². The second-order valence-corrected chi connectivity index (χ2v) is 6.22. The number of amides is 3. The van der Waals surface area contributed by atoms with Crippen LogP contribution in [0.4, 0.5) is 4.79 Å². The Kier molecular flexibility index (Phi) is 4.57. The normalized spacial score (nSPS) is 14.1. The highest BCUT2D eigenvalue weighted by atomic mass is 32.1. The first-order valence-corrected chi connectivity index (χ1v) is 8.33. The quantitative estimate of drug-likeness (QED) is 0.876. The SMILES string of the molecule is Cc1ncsc1-c1ccc(CNC(=O)N2CCCN2C=O)cc1. The van der Waals surface area contributed by atoms with Gasteiger partial charge in [0.2, 0.25) is 6.41 Å². The number of hydrogen-bond donors (Lipinski definition) is 1. The number of carbonyl (C=O) groups is 2. The van der Waals surface area contributed by atoms with Crippen molar-refractivity contribution in [3.63, 3.8) is 0 Å². The molecule has 2 heterocycles. The molecule has 0 unspecified atom stereocenters. The van der Waals surface area contributed by atoms with Crippen molar-refractivity contribution >= 4 is 23.8 Å². The van der Waals surface area contributed by atoms with Gasteiger partial charge in [-0.15, -0.1) is 11.3 Å². The van der Waals surface area contributed by atoms with Crippen molar-refractivity contribution in [1.29, 1.82) is 0 Å². The van der Waals surface area contributed by atoms with E-state index in [0.29, 0.717) is 26.0 Å². The number of carbonyl (C=O) groups excluding carboxylic acids is 2. The lowest BCUT2D eigenvalue weighted by Gasteiger charge is -2.24. The van der Waals surface area contributed by atoms with Gasteiger partial charge in [0.05, 0.1) is 16.1 Å². The maximum Gasteiger partial charge on any atom is 0.336 e. The van der Waals surface area contributed by atoms with Gasteiger partial charge >= 0.3 is 6.03 Å². The molecule has 3 amide bonds. The van der Waals surface area contributed by atoms with Gasteiger partial charge in [-0.25, -0.2) is 14.8 Å². The number of rotatable bonds is 4. The fraction of sp³-hybridized carbons (Fsp3) is 0.312. The molecular formula is C16H18N4O2S. The van der Waals surface area contributed by atoms with Crippen molar-refractivity contribution in [2.75, 3.05) is 13.1 Å². The summed E-state index contributed by atoms with van der Waals surface area (Å²) in [5, 5.41) is 5.70. The molecule has 0 aliphatic carbocycles. The van der Waals surface area contributed by atoms with Gasteiger partial charge < -0.3 is 5.32 Å². The van der Waals surface area contributed by atoms with Crippen LogP contribution in [0.1, 0.15) is 17.7 Å². The molecule has 6 nitrogen and oxygen atoms in total. The molecule has 1 saturated heterocycles. The number of urea groups is 1. The van der Waals surface area contributed by atoms with Crippen LogP contribution in [0, 0.1) is 6.92 Å². The number of nitrogens with zero attached hydrogens (tertiary/aromatic N) is 3. The van der Waals surface area contributed by atoms with E-state index in [1.54, 1.807) is 11.3 Å². The summed E-state index contributed by atoms with van der Waals surface area (Å²) in [7, 11) is 0. The third kappa shape index (κ3) is 3.34. The summed E-state index contributed by atoms with van der Waals surface area (Å²) in [4.78, 5) is 28.4. The monoisotopic (exact) mass is 330 g/mol. The first-order valence-electron chi connectivity index (χ1n) is 7.45. The standard InChI is InChI=1S/C16H18N4O2S/c1-12-15(23-10-18-12)14-5-3-13(4-6-14)9-17-16(22)20-8-2-7-19(20)11-21/h3-6,10-11H,2,7-9H2,1H3,(H,17,22). The molecule has 1 N–H and O–H groups in total. The van der Waals surface area contributed by atoms with Crippen LogP contribution < -0.4 is 5.32 Å². The van der Waals surface area contributed by atoms with Crippen LogP contribution in [0.2, 0.25) is 0 Å². The van der Waals surface area contributed by atoms with Gasteiger partial charge in [-0.2, -0.15) is 0 Å². The van der Waals surface area contributed by atoms with Crippen LogP contribution in [0.15, 0.2) is 29.8 Å². The minimum Gasteiger partial charge on any atom is -0.332 e. The maximum atomic E-state index is 12.1. The predicted octanol–water partition coefficient (Wildman–Crippen LogP) is 2.41. The lowest BCUT2D eigenvalue weighted by Crippen LogP contribution is -2.45. The Bertz CT molecular complexity index is 698. The number of aromatic nitrogens is 1. The second-order valence-electron chi connectivity index (χ2n) is 5.37. The highest BCUT2D eigenvalue weighted by Crippen LogP contribution is 2.27. The largest absolute Gasteiger partial charge is 0.336 e. The van der Waals surface area contributed by atoms with E-state index in [1.165, 1.54) is 14.9 Å². The van der Waals surface area contributed by atoms with Gasteiger partial charge in [0.15, 0.2) is 0 Å². The summed E-state index contributed by atoms with van der Waals surface area (Å²) in [6, 6.07) is 7.83. The molecule has 0 bridgehead atoms. The summed E-state index contributed by atoms with van der Waals surface area (Å²) >= 11 is 1.62. The molecule has 2 aromatic rings. The lowest BCUT2D eigenvalue weighted by molar-refractivity contribution is -0.126. The number of thiazole rings is 1. The lowest BCUT2D eigenvalue weighted by atomic mass is 10.1. The number of benzene rings is 1. The fourth-order valence-corrected chi connectivity index (χ4v) is 3.39. The van der Waals surface area contributed by atoms with Crippen LogP contribution in [0.5, 0.6) is 0 Å². The number of hydrazine groups is 1. The Morgan fingerprint density at radius 2 is 2.13 bits per heavy atom. The zero-order chi connectivity index (χ0) is 16.2. The third-order valence-electron chi connectivity index (χ3n) is 3.83. The van der Waals surface area contributed by atoms with Crippen molar-refractivity contribution in [3.8, 4) is 10.4 Å². The fourth-order valence-electron chi connectivity index (χ4n) is 2.58. The molecule has 0 atom stereocenters. The predicted molar refractivity (Wildman–Crippen MR) is 88.6 cm³/mol. The minimum absolute atomic E-state index is 0.239. The third-order valence-corrected chi connectivity index (χ3v) is 4.81. The van der Waals surface area contributed by atoms with Gasteiger partial charge in [-0.05, 0) is 24.5 Å². The molecule has 1 fully saturated rings. The van der Waals surface area contributed by atoms with Gasteiger partial charge in [0, 0.05) is 19.6 Å². The smallest absolute Gasteiger partial charge is 0.332 e. The Morgan fingerprint density at radius 3 is 2.78 bits per heavy atom. The average molecular weight is 330 g/mol. The maximum absolute atomic E-state index is 12.1. The Labute approximate surface area is 138 Å². The average Bonchev–Trinajstić information content (AvgIpc) is 3.21. The van der Waals surface area contributed by atoms with Crippen molar-refractivity contribution in [2.24, 2.45) is 0 Å². The topological polar surface area (TPSA) is 65.5 Å². The van der Waals surface area contributed by atoms with E-state index in [1.807, 2.05) is 36.7 Å². The Morgan fingerprint density at radius 1 is 1.35 bits per heavy atom. The zero-order valence-electron chi connectivity index (χ0n) is 12.9. The van der Waals surface area contributed by atoms with E-state index in [0.717, 1.165) is 23.2 Å². The van der Waals surface area contributed by atoms with Gasteiger partial charge in [0.1, 0.15) is 0 Å². The van der Waals surface area contributed by atoms with Crippen LogP contribution in [-0.4, -0.2) is 40.5 Å². The summed E-state index contributed by atoms with van der Waals surface area (Å²) in [5.41, 5.74) is 5.01. The van der Waals surface area contributed by atoms with Gasteiger partial charge in [-0.1, -0.05) is 24.3 Å². The molecule has 1 aliphatic rings. The molecule has 1 aromatic carbocycles. The summed E-state index contributed by atoms with van der Waals surface area (Å²) in [6.07, 6.45) is 1.51. The highest BCUT2D eigenvalue weighted by molar-refractivity contribution is 7.13. The van der Waals surface area contributed by atoms with Crippen molar-refractivity contribution in [2.45, 2.75) is 19.9 Å². The van der Waals surface area contributed by atoms with Crippen molar-refractivity contribution < 1.29 is 9.59 Å². The first kappa shape index (κ1) is 15.5. The molecule has 7 heteroatoms. The minimum atomic E-state index is -0.239. The molecule has 3 rings (SSSR count). The summed E-state index contributed by atoms with van der Waals surface area (Å²) in [6.45, 7) is 3.60. The molecule has 23 heavy (non-hydrogen) atoms. The van der Waals surface area contributed by atoms with Crippen molar-refractivity contribution in [1.82, 2.24) is 20.3 Å². The molecular weight excluding hydrogens is 312 g/mol. The summed E-state index contributed by atoms with van der Waals surface area (Å²) < 4.78 is 0. The van der Waals surface area contributed by atoms with E-state index >= 15 is 0 Å². The van der Waals surface area contributed by atoms with E-state index in [4.69, 9.17) is 0 Å². The van der Waals surface area contributed by atoms with E-state index in [-0.39, 0.29) is 6.03 Å². The van der Waals surface area contributed by atoms with Gasteiger partial charge in [0.25, 0.3) is 0 Å². The van der Waals surface area contributed by atoms with Crippen molar-refractivity contribution in [3.05, 3.63) is 41.0 Å². The van der Waals surface area contributed by atoms with E-state index in [9.17, 15) is 9.59 Å². The molecule has 120 valence electrons. The molecule has 1 aliphatic heterocycles. The molecule has 0 spiro atoms. The van der Waals surface area contributed by atoms with Gasteiger partial charge in [-0.3, -0.25) is 9.80 Å². The van der Waals surface area contributed by atoms with Crippen LogP contribution in [0.3, 0.4) is 0 Å². The molecule has 0 saturated carbocycles. The van der Waals surface area contributed by atoms with Crippen LogP contribution >= 0.6 is 11.3 Å². The Hall–Kier alpha value is -2.41. The zero-order valence-corrected chi connectivity index (χ0v) is 13.7. The number of hydrogen-bond acceptors (Lipinski definition) is 4. The van der Waals surface area contributed by atoms with E-state index in [2.05, 4.69) is 10.3 Å². The number of aryl methyl sites for hydroxylation is 1. The first-order chi connectivity index (χ1) is 11.2. The second kappa shape index (κ2) is 6.78. The molecule has 1 aromatic heterocycles.